The summed E-state index contributed by atoms with van der Waals surface area (Å²) in [5, 5.41) is 0. The smallest absolute Gasteiger partial charge is 0.00358 e. The van der Waals surface area contributed by atoms with Crippen LogP contribution in [-0.4, -0.2) is 31.1 Å². The van der Waals surface area contributed by atoms with Crippen LogP contribution in [0.1, 0.15) is 59.3 Å². The molecular formula is C15H32N2. The first-order chi connectivity index (χ1) is 8.09. The summed E-state index contributed by atoms with van der Waals surface area (Å²) in [6, 6.07) is 0. The van der Waals surface area contributed by atoms with Crippen LogP contribution in [0.4, 0.5) is 0 Å². The Kier molecular flexibility index (Phi) is 6.50. The molecule has 2 heteroatoms. The second-order valence-electron chi connectivity index (χ2n) is 6.41. The van der Waals surface area contributed by atoms with E-state index in [9.17, 15) is 0 Å². The van der Waals surface area contributed by atoms with Gasteiger partial charge in [0.25, 0.3) is 0 Å². The highest BCUT2D eigenvalue weighted by molar-refractivity contribution is 4.81. The van der Waals surface area contributed by atoms with Crippen LogP contribution in [0.25, 0.3) is 0 Å². The van der Waals surface area contributed by atoms with Gasteiger partial charge in [-0.3, -0.25) is 0 Å². The Balaban J connectivity index is 2.41. The van der Waals surface area contributed by atoms with Gasteiger partial charge in [-0.25, -0.2) is 0 Å². The molecule has 1 aliphatic heterocycles. The van der Waals surface area contributed by atoms with Gasteiger partial charge in [0.15, 0.2) is 0 Å². The van der Waals surface area contributed by atoms with Crippen molar-refractivity contribution in [1.29, 1.82) is 0 Å². The van der Waals surface area contributed by atoms with Crippen LogP contribution in [0, 0.1) is 11.3 Å². The van der Waals surface area contributed by atoms with Gasteiger partial charge in [-0.15, -0.1) is 0 Å². The van der Waals surface area contributed by atoms with E-state index in [1.54, 1.807) is 0 Å². The Morgan fingerprint density at radius 3 is 2.41 bits per heavy atom. The van der Waals surface area contributed by atoms with E-state index in [1.807, 2.05) is 0 Å². The van der Waals surface area contributed by atoms with E-state index in [-0.39, 0.29) is 0 Å². The van der Waals surface area contributed by atoms with Crippen molar-refractivity contribution in [2.75, 3.05) is 26.2 Å². The summed E-state index contributed by atoms with van der Waals surface area (Å²) in [5.74, 6) is 0.933. The van der Waals surface area contributed by atoms with Gasteiger partial charge in [0, 0.05) is 6.54 Å². The molecule has 2 nitrogen and oxygen atoms in total. The molecule has 0 spiro atoms. The third-order valence-electron chi connectivity index (χ3n) is 4.36. The van der Waals surface area contributed by atoms with Gasteiger partial charge in [0.2, 0.25) is 0 Å². The average molecular weight is 240 g/mol. The van der Waals surface area contributed by atoms with Crippen molar-refractivity contribution < 1.29 is 0 Å². The molecule has 0 amide bonds. The van der Waals surface area contributed by atoms with Crippen LogP contribution in [-0.2, 0) is 0 Å². The number of hydrogen-bond acceptors (Lipinski definition) is 2. The highest BCUT2D eigenvalue weighted by atomic mass is 15.1. The van der Waals surface area contributed by atoms with E-state index in [0.29, 0.717) is 5.41 Å². The maximum absolute atomic E-state index is 5.80. The van der Waals surface area contributed by atoms with Crippen LogP contribution in [0.2, 0.25) is 0 Å². The average Bonchev–Trinajstić information content (AvgIpc) is 2.30. The molecule has 0 radical (unpaired) electrons. The lowest BCUT2D eigenvalue weighted by Gasteiger charge is -2.38. The van der Waals surface area contributed by atoms with Crippen molar-refractivity contribution in [3.63, 3.8) is 0 Å². The predicted molar refractivity (Wildman–Crippen MR) is 76.1 cm³/mol. The maximum Gasteiger partial charge on any atom is 0.00358 e. The molecule has 0 aliphatic carbocycles. The quantitative estimate of drug-likeness (QED) is 0.740. The van der Waals surface area contributed by atoms with Gasteiger partial charge in [-0.1, -0.05) is 33.6 Å². The molecular weight excluding hydrogens is 208 g/mol. The number of hydrogen-bond donors (Lipinski definition) is 1. The lowest BCUT2D eigenvalue weighted by molar-refractivity contribution is 0.110. The molecule has 1 fully saturated rings. The molecule has 1 unspecified atom stereocenters. The molecule has 0 saturated carbocycles. The first-order valence-corrected chi connectivity index (χ1v) is 7.52. The van der Waals surface area contributed by atoms with Crippen LogP contribution in [0.3, 0.4) is 0 Å². The molecule has 1 rings (SSSR count). The first kappa shape index (κ1) is 15.0. The molecule has 1 saturated heterocycles. The summed E-state index contributed by atoms with van der Waals surface area (Å²) >= 11 is 0. The molecule has 1 heterocycles. The number of rotatable bonds is 7. The minimum absolute atomic E-state index is 0.450. The van der Waals surface area contributed by atoms with E-state index in [4.69, 9.17) is 5.73 Å². The summed E-state index contributed by atoms with van der Waals surface area (Å²) < 4.78 is 0. The first-order valence-electron chi connectivity index (χ1n) is 7.52. The molecule has 0 bridgehead atoms. The van der Waals surface area contributed by atoms with Crippen LogP contribution in [0.5, 0.6) is 0 Å². The van der Waals surface area contributed by atoms with Crippen molar-refractivity contribution in [3.05, 3.63) is 0 Å². The summed E-state index contributed by atoms with van der Waals surface area (Å²) in [6.45, 7) is 11.8. The van der Waals surface area contributed by atoms with E-state index in [2.05, 4.69) is 25.7 Å². The fourth-order valence-electron chi connectivity index (χ4n) is 3.00. The second kappa shape index (κ2) is 7.38. The SMILES string of the molecule is CCCCC(C)(CCN)CN1CCC(C)CC1. The fraction of sp³-hybridized carbons (Fsp3) is 1.00. The zero-order valence-corrected chi connectivity index (χ0v) is 12.2. The summed E-state index contributed by atoms with van der Waals surface area (Å²) in [6.07, 6.45) is 7.93. The normalized spacial score (nSPS) is 22.6. The molecule has 1 aliphatic rings. The standard InChI is InChI=1S/C15H32N2/c1-4-5-8-15(3,9-10-16)13-17-11-6-14(2)7-12-17/h14H,4-13,16H2,1-3H3. The Morgan fingerprint density at radius 2 is 1.88 bits per heavy atom. The van der Waals surface area contributed by atoms with Crippen molar-refractivity contribution in [1.82, 2.24) is 4.90 Å². The lowest BCUT2D eigenvalue weighted by Crippen LogP contribution is -2.41. The molecule has 102 valence electrons. The Bertz CT molecular complexity index is 197. The number of piperidine rings is 1. The zero-order valence-electron chi connectivity index (χ0n) is 12.2. The summed E-state index contributed by atoms with van der Waals surface area (Å²) in [4.78, 5) is 2.67. The van der Waals surface area contributed by atoms with Crippen LogP contribution < -0.4 is 5.73 Å². The van der Waals surface area contributed by atoms with Gasteiger partial charge in [-0.2, -0.15) is 0 Å². The third-order valence-corrected chi connectivity index (χ3v) is 4.36. The largest absolute Gasteiger partial charge is 0.330 e. The highest BCUT2D eigenvalue weighted by Gasteiger charge is 2.27. The molecule has 0 aromatic rings. The van der Waals surface area contributed by atoms with Crippen molar-refractivity contribution in [2.24, 2.45) is 17.1 Å². The van der Waals surface area contributed by atoms with Gasteiger partial charge >= 0.3 is 0 Å². The number of unbranched alkanes of at least 4 members (excludes halogenated alkanes) is 1. The van der Waals surface area contributed by atoms with Crippen molar-refractivity contribution in [3.8, 4) is 0 Å². The number of nitrogens with zero attached hydrogens (tertiary/aromatic N) is 1. The van der Waals surface area contributed by atoms with E-state index >= 15 is 0 Å². The molecule has 1 atom stereocenters. The maximum atomic E-state index is 5.80. The van der Waals surface area contributed by atoms with E-state index in [0.717, 1.165) is 12.5 Å². The van der Waals surface area contributed by atoms with Gasteiger partial charge in [0.1, 0.15) is 0 Å². The lowest BCUT2D eigenvalue weighted by atomic mass is 9.80. The summed E-state index contributed by atoms with van der Waals surface area (Å²) in [7, 11) is 0. The fourth-order valence-corrected chi connectivity index (χ4v) is 3.00. The molecule has 17 heavy (non-hydrogen) atoms. The highest BCUT2D eigenvalue weighted by Crippen LogP contribution is 2.30. The third kappa shape index (κ3) is 5.39. The Morgan fingerprint density at radius 1 is 1.24 bits per heavy atom. The van der Waals surface area contributed by atoms with Crippen LogP contribution in [0.15, 0.2) is 0 Å². The van der Waals surface area contributed by atoms with Crippen molar-refractivity contribution in [2.45, 2.75) is 59.3 Å². The zero-order chi connectivity index (χ0) is 12.7. The Hall–Kier alpha value is -0.0800. The summed E-state index contributed by atoms with van der Waals surface area (Å²) in [5.41, 5.74) is 6.24. The number of likely N-dealkylation sites (tertiary alicyclic amines) is 1. The van der Waals surface area contributed by atoms with E-state index in [1.165, 1.54) is 58.2 Å². The minimum atomic E-state index is 0.450. The molecule has 0 aromatic carbocycles. The second-order valence-corrected chi connectivity index (χ2v) is 6.41. The molecule has 2 N–H and O–H groups in total. The van der Waals surface area contributed by atoms with Gasteiger partial charge in [-0.05, 0) is 56.7 Å². The van der Waals surface area contributed by atoms with E-state index < -0.39 is 0 Å². The Labute approximate surface area is 108 Å². The molecule has 0 aromatic heterocycles. The predicted octanol–water partition coefficient (Wildman–Crippen LogP) is 3.26. The topological polar surface area (TPSA) is 29.3 Å². The van der Waals surface area contributed by atoms with Gasteiger partial charge < -0.3 is 10.6 Å². The van der Waals surface area contributed by atoms with Crippen LogP contribution >= 0.6 is 0 Å². The van der Waals surface area contributed by atoms with Crippen molar-refractivity contribution >= 4 is 0 Å². The minimum Gasteiger partial charge on any atom is -0.330 e. The monoisotopic (exact) mass is 240 g/mol. The van der Waals surface area contributed by atoms with Gasteiger partial charge in [0.05, 0.1) is 0 Å². The number of nitrogens with two attached hydrogens (primary N) is 1.